The van der Waals surface area contributed by atoms with Gasteiger partial charge in [-0.1, -0.05) is 13.8 Å². The third kappa shape index (κ3) is 6.41. The van der Waals surface area contributed by atoms with Gasteiger partial charge in [-0.2, -0.15) is 0 Å². The maximum atomic E-state index is 12.8. The Morgan fingerprint density at radius 1 is 1.09 bits per heavy atom. The summed E-state index contributed by atoms with van der Waals surface area (Å²) in [4.78, 5) is 50.1. The molecule has 1 saturated heterocycles. The molecule has 0 bridgehead atoms. The molecule has 1 atom stereocenters. The highest BCUT2D eigenvalue weighted by Crippen LogP contribution is 2.40. The van der Waals surface area contributed by atoms with Gasteiger partial charge < -0.3 is 24.8 Å². The summed E-state index contributed by atoms with van der Waals surface area (Å²) in [7, 11) is 4.46. The van der Waals surface area contributed by atoms with Gasteiger partial charge in [0.2, 0.25) is 17.6 Å². The molecular formula is C22H29N3O7S. The molecule has 0 aliphatic carbocycles. The molecule has 0 spiro atoms. The minimum Gasteiger partial charge on any atom is -0.493 e. The molecule has 1 heterocycles. The van der Waals surface area contributed by atoms with Crippen molar-refractivity contribution in [3.8, 4) is 17.2 Å². The average Bonchev–Trinajstić information content (AvgIpc) is 3.03. The minimum atomic E-state index is -0.697. The fourth-order valence-corrected chi connectivity index (χ4v) is 4.05. The number of ether oxygens (including phenoxy) is 3. The van der Waals surface area contributed by atoms with Gasteiger partial charge in [0.25, 0.3) is 11.1 Å². The van der Waals surface area contributed by atoms with Crippen molar-refractivity contribution >= 4 is 40.8 Å². The van der Waals surface area contributed by atoms with Gasteiger partial charge in [-0.3, -0.25) is 24.1 Å². The van der Waals surface area contributed by atoms with Gasteiger partial charge in [0.15, 0.2) is 11.5 Å². The smallest absolute Gasteiger partial charge is 0.293 e. The van der Waals surface area contributed by atoms with E-state index in [0.717, 1.165) is 16.7 Å². The predicted octanol–water partition coefficient (Wildman–Crippen LogP) is 2.03. The van der Waals surface area contributed by atoms with Crippen molar-refractivity contribution in [3.05, 3.63) is 22.6 Å². The first-order chi connectivity index (χ1) is 15.6. The van der Waals surface area contributed by atoms with Crippen molar-refractivity contribution in [3.63, 3.8) is 0 Å². The second-order valence-electron chi connectivity index (χ2n) is 7.51. The van der Waals surface area contributed by atoms with E-state index in [1.54, 1.807) is 18.2 Å². The van der Waals surface area contributed by atoms with Crippen LogP contribution in [0.5, 0.6) is 17.2 Å². The Bertz CT molecular complexity index is 936. The number of carbonyl (C=O) groups excluding carboxylic acids is 4. The van der Waals surface area contributed by atoms with Gasteiger partial charge >= 0.3 is 0 Å². The van der Waals surface area contributed by atoms with Crippen LogP contribution in [0.2, 0.25) is 0 Å². The summed E-state index contributed by atoms with van der Waals surface area (Å²) in [5, 5.41) is 4.83. The monoisotopic (exact) mass is 479 g/mol. The third-order valence-corrected chi connectivity index (χ3v) is 5.71. The van der Waals surface area contributed by atoms with Crippen LogP contribution >= 0.6 is 11.8 Å². The lowest BCUT2D eigenvalue weighted by molar-refractivity contribution is -0.129. The molecule has 180 valence electrons. The molecule has 1 aliphatic rings. The Labute approximate surface area is 197 Å². The van der Waals surface area contributed by atoms with E-state index in [9.17, 15) is 19.2 Å². The van der Waals surface area contributed by atoms with E-state index < -0.39 is 17.2 Å². The van der Waals surface area contributed by atoms with Crippen LogP contribution in [0.15, 0.2) is 17.0 Å². The standard InChI is InChI=1S/C22H29N3O7S/c1-12(2)18(24-13(3)26)20(27)23-7-8-25-21(28)17(33-22(25)29)11-14-9-15(30-4)19(32-6)16(10-14)31-5/h9-12,18H,7-8H2,1-6H3,(H,23,27)(H,24,26)/b17-11-. The summed E-state index contributed by atoms with van der Waals surface area (Å²) in [6, 6.07) is 2.64. The molecule has 1 fully saturated rings. The second kappa shape index (κ2) is 11.6. The molecule has 1 aromatic rings. The summed E-state index contributed by atoms with van der Waals surface area (Å²) in [6.07, 6.45) is 1.57. The number of carbonyl (C=O) groups is 4. The number of methoxy groups -OCH3 is 3. The molecule has 0 saturated carbocycles. The quantitative estimate of drug-likeness (QED) is 0.489. The normalized spacial score (nSPS) is 15.6. The highest BCUT2D eigenvalue weighted by molar-refractivity contribution is 8.18. The van der Waals surface area contributed by atoms with Crippen LogP contribution in [0.25, 0.3) is 6.08 Å². The Kier molecular flexibility index (Phi) is 9.15. The molecule has 0 aromatic heterocycles. The molecule has 10 nitrogen and oxygen atoms in total. The Hall–Kier alpha value is -3.21. The lowest BCUT2D eigenvalue weighted by atomic mass is 10.0. The predicted molar refractivity (Wildman–Crippen MR) is 124 cm³/mol. The molecule has 2 N–H and O–H groups in total. The molecule has 1 aliphatic heterocycles. The van der Waals surface area contributed by atoms with Gasteiger partial charge in [0.05, 0.1) is 26.2 Å². The van der Waals surface area contributed by atoms with Crippen molar-refractivity contribution in [2.45, 2.75) is 26.8 Å². The number of hydrogen-bond acceptors (Lipinski definition) is 8. The van der Waals surface area contributed by atoms with E-state index in [-0.39, 0.29) is 35.7 Å². The molecule has 11 heteroatoms. The number of nitrogens with zero attached hydrogens (tertiary/aromatic N) is 1. The zero-order valence-electron chi connectivity index (χ0n) is 19.5. The molecular weight excluding hydrogens is 450 g/mol. The fourth-order valence-electron chi connectivity index (χ4n) is 3.18. The van der Waals surface area contributed by atoms with Crippen molar-refractivity contribution in [1.82, 2.24) is 15.5 Å². The van der Waals surface area contributed by atoms with Crippen LogP contribution in [0.1, 0.15) is 26.3 Å². The van der Waals surface area contributed by atoms with E-state index in [4.69, 9.17) is 14.2 Å². The molecule has 0 radical (unpaired) electrons. The Balaban J connectivity index is 2.10. The fraction of sp³-hybridized carbons (Fsp3) is 0.455. The minimum absolute atomic E-state index is 0.00783. The number of rotatable bonds is 10. The topological polar surface area (TPSA) is 123 Å². The maximum absolute atomic E-state index is 12.8. The van der Waals surface area contributed by atoms with E-state index in [1.807, 2.05) is 13.8 Å². The third-order valence-electron chi connectivity index (χ3n) is 4.80. The van der Waals surface area contributed by atoms with Crippen molar-refractivity contribution in [2.24, 2.45) is 5.92 Å². The molecule has 2 rings (SSSR count). The molecule has 1 unspecified atom stereocenters. The SMILES string of the molecule is COc1cc(/C=C2\SC(=O)N(CCNC(=O)C(NC(C)=O)C(C)C)C2=O)cc(OC)c1OC. The van der Waals surface area contributed by atoms with Gasteiger partial charge in [0.1, 0.15) is 6.04 Å². The van der Waals surface area contributed by atoms with Crippen molar-refractivity contribution < 1.29 is 33.4 Å². The zero-order valence-corrected chi connectivity index (χ0v) is 20.3. The van der Waals surface area contributed by atoms with Crippen LogP contribution in [-0.4, -0.2) is 68.3 Å². The van der Waals surface area contributed by atoms with Crippen LogP contribution < -0.4 is 24.8 Å². The van der Waals surface area contributed by atoms with Crippen LogP contribution in [-0.2, 0) is 14.4 Å². The van der Waals surface area contributed by atoms with Crippen LogP contribution in [0, 0.1) is 5.92 Å². The van der Waals surface area contributed by atoms with Gasteiger partial charge in [-0.25, -0.2) is 0 Å². The average molecular weight is 480 g/mol. The van der Waals surface area contributed by atoms with Crippen molar-refractivity contribution in [2.75, 3.05) is 34.4 Å². The van der Waals surface area contributed by atoms with Crippen LogP contribution in [0.4, 0.5) is 4.79 Å². The highest BCUT2D eigenvalue weighted by Gasteiger charge is 2.35. The van der Waals surface area contributed by atoms with Crippen LogP contribution in [0.3, 0.4) is 0 Å². The number of thioether (sulfide) groups is 1. The first kappa shape index (κ1) is 26.0. The summed E-state index contributed by atoms with van der Waals surface area (Å²) >= 11 is 0.808. The molecule has 1 aromatic carbocycles. The second-order valence-corrected chi connectivity index (χ2v) is 8.50. The molecule has 4 amide bonds. The summed E-state index contributed by atoms with van der Waals surface area (Å²) < 4.78 is 15.9. The number of amides is 4. The molecule has 33 heavy (non-hydrogen) atoms. The summed E-state index contributed by atoms with van der Waals surface area (Å²) in [6.45, 7) is 5.03. The summed E-state index contributed by atoms with van der Waals surface area (Å²) in [5.74, 6) is -0.0116. The van der Waals surface area contributed by atoms with E-state index in [0.29, 0.717) is 22.8 Å². The lowest BCUT2D eigenvalue weighted by Gasteiger charge is -2.21. The lowest BCUT2D eigenvalue weighted by Crippen LogP contribution is -2.50. The highest BCUT2D eigenvalue weighted by atomic mass is 32.2. The van der Waals surface area contributed by atoms with Gasteiger partial charge in [-0.05, 0) is 41.5 Å². The summed E-state index contributed by atoms with van der Waals surface area (Å²) in [5.41, 5.74) is 0.596. The Morgan fingerprint density at radius 3 is 2.18 bits per heavy atom. The van der Waals surface area contributed by atoms with Gasteiger partial charge in [-0.15, -0.1) is 0 Å². The number of hydrogen-bond donors (Lipinski definition) is 2. The van der Waals surface area contributed by atoms with Gasteiger partial charge in [0, 0.05) is 20.0 Å². The first-order valence-corrected chi connectivity index (χ1v) is 11.0. The van der Waals surface area contributed by atoms with E-state index in [2.05, 4.69) is 10.6 Å². The largest absolute Gasteiger partial charge is 0.493 e. The number of benzene rings is 1. The van der Waals surface area contributed by atoms with Crippen molar-refractivity contribution in [1.29, 1.82) is 0 Å². The Morgan fingerprint density at radius 2 is 1.70 bits per heavy atom. The number of imide groups is 1. The van der Waals surface area contributed by atoms with E-state index in [1.165, 1.54) is 28.3 Å². The van der Waals surface area contributed by atoms with E-state index >= 15 is 0 Å². The maximum Gasteiger partial charge on any atom is 0.293 e. The first-order valence-electron chi connectivity index (χ1n) is 10.2. The zero-order chi connectivity index (χ0) is 24.7. The number of nitrogens with one attached hydrogen (secondary N) is 2.